The Labute approximate surface area is 141 Å². The molecule has 1 aliphatic heterocycles. The van der Waals surface area contributed by atoms with E-state index in [9.17, 15) is 9.59 Å². The molecule has 6 nitrogen and oxygen atoms in total. The Morgan fingerprint density at radius 2 is 2.26 bits per heavy atom. The zero-order chi connectivity index (χ0) is 17.0. The van der Waals surface area contributed by atoms with Crippen molar-refractivity contribution in [2.75, 3.05) is 16.9 Å². The molecule has 0 aromatic carbocycles. The van der Waals surface area contributed by atoms with Gasteiger partial charge < -0.3 is 10.2 Å². The monoisotopic (exact) mass is 336 g/mol. The van der Waals surface area contributed by atoms with Gasteiger partial charge in [0.2, 0.25) is 5.91 Å². The topological polar surface area (TPSA) is 67.2 Å². The highest BCUT2D eigenvalue weighted by molar-refractivity contribution is 7.99. The van der Waals surface area contributed by atoms with Crippen LogP contribution in [-0.2, 0) is 9.59 Å². The van der Waals surface area contributed by atoms with Crippen molar-refractivity contribution in [3.05, 3.63) is 24.0 Å². The van der Waals surface area contributed by atoms with Crippen molar-refractivity contribution < 1.29 is 9.59 Å². The molecule has 0 saturated carbocycles. The zero-order valence-electron chi connectivity index (χ0n) is 14.1. The Hall–Kier alpha value is -1.76. The Balaban J connectivity index is 2.05. The Morgan fingerprint density at radius 1 is 1.52 bits per heavy atom. The highest BCUT2D eigenvalue weighted by Crippen LogP contribution is 2.24. The quantitative estimate of drug-likeness (QED) is 0.840. The summed E-state index contributed by atoms with van der Waals surface area (Å²) in [5, 5.41) is 7.08. The van der Waals surface area contributed by atoms with Gasteiger partial charge in [-0.1, -0.05) is 13.0 Å². The van der Waals surface area contributed by atoms with E-state index in [1.54, 1.807) is 40.7 Å². The molecule has 1 aromatic heterocycles. The number of carbonyl (C=O) groups is 2. The van der Waals surface area contributed by atoms with Gasteiger partial charge in [-0.25, -0.2) is 0 Å². The Bertz CT molecular complexity index is 609. The van der Waals surface area contributed by atoms with Crippen LogP contribution in [-0.4, -0.2) is 44.2 Å². The van der Waals surface area contributed by atoms with E-state index in [0.717, 1.165) is 6.42 Å². The third-order valence-electron chi connectivity index (χ3n) is 3.69. The highest BCUT2D eigenvalue weighted by Gasteiger charge is 2.35. The first-order valence-corrected chi connectivity index (χ1v) is 9.00. The summed E-state index contributed by atoms with van der Waals surface area (Å²) in [6, 6.07) is -0.197. The predicted octanol–water partition coefficient (Wildman–Crippen LogP) is 2.66. The maximum absolute atomic E-state index is 12.5. The minimum absolute atomic E-state index is 0.0603. The van der Waals surface area contributed by atoms with Crippen LogP contribution in [0.15, 0.2) is 24.0 Å². The van der Waals surface area contributed by atoms with E-state index in [2.05, 4.69) is 10.4 Å². The smallest absolute Gasteiger partial charge is 0.250 e. The van der Waals surface area contributed by atoms with Crippen molar-refractivity contribution >= 4 is 29.3 Å². The van der Waals surface area contributed by atoms with E-state index in [0.29, 0.717) is 22.9 Å². The van der Waals surface area contributed by atoms with E-state index in [1.165, 1.54) is 0 Å². The van der Waals surface area contributed by atoms with Crippen molar-refractivity contribution in [1.29, 1.82) is 0 Å². The molecule has 0 radical (unpaired) electrons. The Morgan fingerprint density at radius 3 is 2.87 bits per heavy atom. The summed E-state index contributed by atoms with van der Waals surface area (Å²) in [5.74, 6) is 0.956. The number of rotatable bonds is 5. The molecule has 23 heavy (non-hydrogen) atoms. The highest BCUT2D eigenvalue weighted by atomic mass is 32.2. The second-order valence-corrected chi connectivity index (χ2v) is 6.88. The Kier molecular flexibility index (Phi) is 5.87. The summed E-state index contributed by atoms with van der Waals surface area (Å²) in [6.07, 6.45) is 6.14. The van der Waals surface area contributed by atoms with Crippen LogP contribution in [0.5, 0.6) is 0 Å². The average Bonchev–Trinajstić information content (AvgIpc) is 3.15. The molecular formula is C16H24N4O2S. The van der Waals surface area contributed by atoms with Crippen LogP contribution in [0.3, 0.4) is 0 Å². The number of hydrogen-bond acceptors (Lipinski definition) is 4. The first-order valence-electron chi connectivity index (χ1n) is 7.84. The molecule has 126 valence electrons. The summed E-state index contributed by atoms with van der Waals surface area (Å²) in [6.45, 7) is 7.84. The number of anilines is 1. The van der Waals surface area contributed by atoms with Crippen molar-refractivity contribution in [2.45, 2.75) is 46.2 Å². The second kappa shape index (κ2) is 7.68. The van der Waals surface area contributed by atoms with Gasteiger partial charge in [-0.05, 0) is 27.2 Å². The number of amides is 2. The zero-order valence-corrected chi connectivity index (χ0v) is 14.9. The lowest BCUT2D eigenvalue weighted by Crippen LogP contribution is -2.44. The number of nitrogens with one attached hydrogen (secondary N) is 1. The molecule has 2 amide bonds. The molecule has 1 unspecified atom stereocenters. The van der Waals surface area contributed by atoms with Crippen LogP contribution in [0.4, 0.5) is 5.69 Å². The van der Waals surface area contributed by atoms with Crippen molar-refractivity contribution in [3.8, 4) is 0 Å². The molecule has 2 heterocycles. The third kappa shape index (κ3) is 4.16. The first kappa shape index (κ1) is 17.6. The van der Waals surface area contributed by atoms with Crippen LogP contribution in [0.25, 0.3) is 0 Å². The molecule has 1 atom stereocenters. The van der Waals surface area contributed by atoms with E-state index >= 15 is 0 Å². The normalized spacial score (nSPS) is 18.6. The van der Waals surface area contributed by atoms with Crippen molar-refractivity contribution in [2.24, 2.45) is 0 Å². The van der Waals surface area contributed by atoms with Gasteiger partial charge in [-0.3, -0.25) is 14.3 Å². The van der Waals surface area contributed by atoms with Crippen LogP contribution >= 0.6 is 11.8 Å². The van der Waals surface area contributed by atoms with Crippen LogP contribution in [0, 0.1) is 0 Å². The molecule has 1 saturated heterocycles. The molecule has 0 spiro atoms. The number of nitrogens with zero attached hydrogens (tertiary/aromatic N) is 3. The predicted molar refractivity (Wildman–Crippen MR) is 93.2 cm³/mol. The number of thioether (sulfide) groups is 1. The third-order valence-corrected chi connectivity index (χ3v) is 4.70. The lowest BCUT2D eigenvalue weighted by molar-refractivity contribution is -0.133. The average molecular weight is 336 g/mol. The lowest BCUT2D eigenvalue weighted by Gasteiger charge is -2.23. The van der Waals surface area contributed by atoms with E-state index in [-0.39, 0.29) is 17.9 Å². The summed E-state index contributed by atoms with van der Waals surface area (Å²) in [5.41, 5.74) is 1.36. The van der Waals surface area contributed by atoms with Gasteiger partial charge in [0.1, 0.15) is 6.04 Å². The molecule has 1 aliphatic rings. The molecule has 1 fully saturated rings. The van der Waals surface area contributed by atoms with Crippen LogP contribution < -0.4 is 5.32 Å². The number of carbonyl (C=O) groups excluding carboxylic acids is 2. The van der Waals surface area contributed by atoms with Crippen molar-refractivity contribution in [3.63, 3.8) is 0 Å². The fraction of sp³-hybridized carbons (Fsp3) is 0.562. The van der Waals surface area contributed by atoms with Gasteiger partial charge in [0.25, 0.3) is 5.91 Å². The minimum Gasteiger partial charge on any atom is -0.322 e. The largest absolute Gasteiger partial charge is 0.322 e. The molecule has 2 rings (SSSR count). The standard InChI is InChI=1S/C16H24N4O2S/c1-5-6-12(4)16(22)19-10-23-9-14(19)15(21)18-13-7-17-20(8-13)11(2)3/h6-8,11,14H,5,9-10H2,1-4H3,(H,18,21)/b12-6-. The summed E-state index contributed by atoms with van der Waals surface area (Å²) in [4.78, 5) is 26.6. The molecule has 0 aliphatic carbocycles. The van der Waals surface area contributed by atoms with E-state index < -0.39 is 6.04 Å². The summed E-state index contributed by atoms with van der Waals surface area (Å²) < 4.78 is 1.79. The van der Waals surface area contributed by atoms with Gasteiger partial charge in [0.05, 0.1) is 17.8 Å². The molecule has 0 bridgehead atoms. The molecular weight excluding hydrogens is 312 g/mol. The van der Waals surface area contributed by atoms with Crippen LogP contribution in [0.2, 0.25) is 0 Å². The lowest BCUT2D eigenvalue weighted by atomic mass is 10.2. The molecule has 7 heteroatoms. The maximum Gasteiger partial charge on any atom is 0.250 e. The van der Waals surface area contributed by atoms with Gasteiger partial charge in [0, 0.05) is 23.6 Å². The van der Waals surface area contributed by atoms with Gasteiger partial charge in [-0.2, -0.15) is 5.10 Å². The second-order valence-electron chi connectivity index (χ2n) is 5.88. The van der Waals surface area contributed by atoms with Gasteiger partial charge in [-0.15, -0.1) is 11.8 Å². The number of aromatic nitrogens is 2. The van der Waals surface area contributed by atoms with Gasteiger partial charge in [0.15, 0.2) is 0 Å². The SMILES string of the molecule is CC/C=C(/C)C(=O)N1CSCC1C(=O)Nc1cnn(C(C)C)c1. The van der Waals surface area contributed by atoms with E-state index in [4.69, 9.17) is 0 Å². The minimum atomic E-state index is -0.435. The van der Waals surface area contributed by atoms with Crippen molar-refractivity contribution in [1.82, 2.24) is 14.7 Å². The maximum atomic E-state index is 12.5. The first-order chi connectivity index (χ1) is 10.9. The molecule has 1 aromatic rings. The fourth-order valence-electron chi connectivity index (χ4n) is 2.39. The number of allylic oxidation sites excluding steroid dienone is 1. The van der Waals surface area contributed by atoms with Gasteiger partial charge >= 0.3 is 0 Å². The fourth-order valence-corrected chi connectivity index (χ4v) is 3.54. The number of hydrogen-bond donors (Lipinski definition) is 1. The summed E-state index contributed by atoms with van der Waals surface area (Å²) in [7, 11) is 0. The van der Waals surface area contributed by atoms with E-state index in [1.807, 2.05) is 26.8 Å². The summed E-state index contributed by atoms with van der Waals surface area (Å²) >= 11 is 1.60. The van der Waals surface area contributed by atoms with Crippen LogP contribution in [0.1, 0.15) is 40.2 Å². The molecule has 1 N–H and O–H groups in total.